The van der Waals surface area contributed by atoms with Crippen molar-refractivity contribution in [3.8, 4) is 0 Å². The summed E-state index contributed by atoms with van der Waals surface area (Å²) in [7, 11) is 0. The Morgan fingerprint density at radius 2 is 2.00 bits per heavy atom. The maximum atomic E-state index is 11.0. The first-order valence-electron chi connectivity index (χ1n) is 7.20. The molecule has 0 saturated heterocycles. The first kappa shape index (κ1) is 15.1. The summed E-state index contributed by atoms with van der Waals surface area (Å²) in [4.78, 5) is 0. The zero-order chi connectivity index (χ0) is 15.0. The van der Waals surface area contributed by atoms with Crippen LogP contribution < -0.4 is 0 Å². The van der Waals surface area contributed by atoms with Crippen molar-refractivity contribution >= 4 is 27.5 Å². The highest BCUT2D eigenvalue weighted by atomic mass is 79.9. The molecule has 1 atom stereocenters. The average molecular weight is 366 g/mol. The Morgan fingerprint density at radius 1 is 1.19 bits per heavy atom. The van der Waals surface area contributed by atoms with Crippen LogP contribution in [0.15, 0.2) is 40.9 Å². The van der Waals surface area contributed by atoms with Crippen molar-refractivity contribution in [2.45, 2.75) is 38.2 Å². The molecule has 0 fully saturated rings. The van der Waals surface area contributed by atoms with Crippen molar-refractivity contribution < 1.29 is 5.11 Å². The van der Waals surface area contributed by atoms with E-state index in [1.807, 2.05) is 25.1 Å². The van der Waals surface area contributed by atoms with Gasteiger partial charge in [0.05, 0.1) is 5.60 Å². The van der Waals surface area contributed by atoms with Gasteiger partial charge < -0.3 is 5.11 Å². The molecule has 0 amide bonds. The summed E-state index contributed by atoms with van der Waals surface area (Å²) in [5.74, 6) is 0. The van der Waals surface area contributed by atoms with E-state index in [1.165, 1.54) is 11.1 Å². The fourth-order valence-corrected chi connectivity index (χ4v) is 3.82. The van der Waals surface area contributed by atoms with Crippen molar-refractivity contribution in [2.75, 3.05) is 0 Å². The van der Waals surface area contributed by atoms with Crippen molar-refractivity contribution in [1.29, 1.82) is 0 Å². The predicted octanol–water partition coefficient (Wildman–Crippen LogP) is 4.87. The van der Waals surface area contributed by atoms with Gasteiger partial charge in [-0.2, -0.15) is 0 Å². The second-order valence-corrected chi connectivity index (χ2v) is 7.41. The SMILES string of the molecule is Cc1ccc(CC2(O)CCc3cc(Br)ccc3C2)c(Cl)c1. The largest absolute Gasteiger partial charge is 0.389 e. The Balaban J connectivity index is 1.84. The molecule has 3 rings (SSSR count). The lowest BCUT2D eigenvalue weighted by atomic mass is 9.77. The van der Waals surface area contributed by atoms with E-state index < -0.39 is 5.60 Å². The standard InChI is InChI=1S/C18H18BrClO/c1-12-2-3-15(17(20)8-12)11-18(21)7-6-13-9-16(19)5-4-14(13)10-18/h2-5,8-9,21H,6-7,10-11H2,1H3. The Kier molecular flexibility index (Phi) is 4.13. The molecule has 0 saturated carbocycles. The molecule has 3 heteroatoms. The first-order chi connectivity index (χ1) is 9.95. The summed E-state index contributed by atoms with van der Waals surface area (Å²) in [6.45, 7) is 2.03. The topological polar surface area (TPSA) is 20.2 Å². The molecule has 0 bridgehead atoms. The van der Waals surface area contributed by atoms with Crippen molar-refractivity contribution in [3.05, 3.63) is 68.1 Å². The number of fused-ring (bicyclic) bond motifs is 1. The van der Waals surface area contributed by atoms with Crippen molar-refractivity contribution in [3.63, 3.8) is 0 Å². The minimum atomic E-state index is -0.695. The molecule has 1 aliphatic rings. The second-order valence-electron chi connectivity index (χ2n) is 6.09. The summed E-state index contributed by atoms with van der Waals surface area (Å²) in [5.41, 5.74) is 4.07. The van der Waals surface area contributed by atoms with Gasteiger partial charge in [-0.25, -0.2) is 0 Å². The maximum absolute atomic E-state index is 11.0. The molecule has 2 aromatic carbocycles. The van der Waals surface area contributed by atoms with Crippen LogP contribution in [0.1, 0.15) is 28.7 Å². The molecule has 0 spiro atoms. The van der Waals surface area contributed by atoms with E-state index in [0.29, 0.717) is 12.8 Å². The van der Waals surface area contributed by atoms with Gasteiger partial charge in [0.25, 0.3) is 0 Å². The Morgan fingerprint density at radius 3 is 2.76 bits per heavy atom. The molecule has 2 aromatic rings. The monoisotopic (exact) mass is 364 g/mol. The molecule has 110 valence electrons. The van der Waals surface area contributed by atoms with E-state index in [2.05, 4.69) is 34.1 Å². The van der Waals surface area contributed by atoms with Crippen LogP contribution in [0.25, 0.3) is 0 Å². The molecule has 1 N–H and O–H groups in total. The summed E-state index contributed by atoms with van der Waals surface area (Å²) < 4.78 is 1.10. The van der Waals surface area contributed by atoms with Gasteiger partial charge in [0.2, 0.25) is 0 Å². The highest BCUT2D eigenvalue weighted by molar-refractivity contribution is 9.10. The molecule has 1 aliphatic carbocycles. The number of hydrogen-bond donors (Lipinski definition) is 1. The van der Waals surface area contributed by atoms with Crippen LogP contribution in [0.3, 0.4) is 0 Å². The van der Waals surface area contributed by atoms with Gasteiger partial charge >= 0.3 is 0 Å². The minimum absolute atomic E-state index is 0.613. The van der Waals surface area contributed by atoms with E-state index in [-0.39, 0.29) is 0 Å². The second kappa shape index (κ2) is 5.75. The van der Waals surface area contributed by atoms with Gasteiger partial charge in [0, 0.05) is 22.3 Å². The summed E-state index contributed by atoms with van der Waals surface area (Å²) >= 11 is 9.82. The quantitative estimate of drug-likeness (QED) is 0.804. The molecule has 0 heterocycles. The van der Waals surface area contributed by atoms with Crippen LogP contribution in [0, 0.1) is 6.92 Å². The third-order valence-corrected chi connectivity index (χ3v) is 5.12. The van der Waals surface area contributed by atoms with Crippen molar-refractivity contribution in [2.24, 2.45) is 0 Å². The zero-order valence-corrected chi connectivity index (χ0v) is 14.3. The minimum Gasteiger partial charge on any atom is -0.389 e. The Bertz CT molecular complexity index is 683. The fourth-order valence-electron chi connectivity index (χ4n) is 3.11. The Labute approximate surface area is 139 Å². The van der Waals surface area contributed by atoms with Crippen LogP contribution in [-0.2, 0) is 19.3 Å². The van der Waals surface area contributed by atoms with Crippen LogP contribution >= 0.6 is 27.5 Å². The zero-order valence-electron chi connectivity index (χ0n) is 12.0. The lowest BCUT2D eigenvalue weighted by Crippen LogP contribution is -2.38. The summed E-state index contributed by atoms with van der Waals surface area (Å²) in [5, 5.41) is 11.7. The highest BCUT2D eigenvalue weighted by Gasteiger charge is 2.32. The number of aliphatic hydroxyl groups is 1. The Hall–Kier alpha value is -0.830. The van der Waals surface area contributed by atoms with Gasteiger partial charge in [-0.05, 0) is 60.2 Å². The molecule has 1 unspecified atom stereocenters. The van der Waals surface area contributed by atoms with E-state index in [1.54, 1.807) is 0 Å². The predicted molar refractivity (Wildman–Crippen MR) is 91.0 cm³/mol. The van der Waals surface area contributed by atoms with Crippen LogP contribution in [0.2, 0.25) is 5.02 Å². The molecule has 0 radical (unpaired) electrons. The van der Waals surface area contributed by atoms with E-state index in [4.69, 9.17) is 11.6 Å². The van der Waals surface area contributed by atoms with Crippen molar-refractivity contribution in [1.82, 2.24) is 0 Å². The molecule has 1 nitrogen and oxygen atoms in total. The normalized spacial score (nSPS) is 21.1. The van der Waals surface area contributed by atoms with E-state index in [9.17, 15) is 5.11 Å². The van der Waals surface area contributed by atoms with Gasteiger partial charge in [-0.3, -0.25) is 0 Å². The van der Waals surface area contributed by atoms with Crippen LogP contribution in [0.5, 0.6) is 0 Å². The lowest BCUT2D eigenvalue weighted by Gasteiger charge is -2.34. The number of benzene rings is 2. The third kappa shape index (κ3) is 3.33. The third-order valence-electron chi connectivity index (χ3n) is 4.28. The lowest BCUT2D eigenvalue weighted by molar-refractivity contribution is 0.0267. The van der Waals surface area contributed by atoms with Gasteiger partial charge in [0.15, 0.2) is 0 Å². The smallest absolute Gasteiger partial charge is 0.0731 e. The van der Waals surface area contributed by atoms with Gasteiger partial charge in [0.1, 0.15) is 0 Å². The molecular formula is C18H18BrClO. The number of aryl methyl sites for hydroxylation is 2. The number of halogens is 2. The highest BCUT2D eigenvalue weighted by Crippen LogP contribution is 2.34. The van der Waals surface area contributed by atoms with Gasteiger partial charge in [-0.15, -0.1) is 0 Å². The molecule has 0 aromatic heterocycles. The first-order valence-corrected chi connectivity index (χ1v) is 8.37. The summed E-state index contributed by atoms with van der Waals surface area (Å²) in [6.07, 6.45) is 3.00. The summed E-state index contributed by atoms with van der Waals surface area (Å²) in [6, 6.07) is 12.4. The average Bonchev–Trinajstić information content (AvgIpc) is 2.43. The maximum Gasteiger partial charge on any atom is 0.0731 e. The number of hydrogen-bond acceptors (Lipinski definition) is 1. The van der Waals surface area contributed by atoms with Crippen LogP contribution in [-0.4, -0.2) is 10.7 Å². The molecular weight excluding hydrogens is 348 g/mol. The number of rotatable bonds is 2. The molecule has 21 heavy (non-hydrogen) atoms. The van der Waals surface area contributed by atoms with E-state index in [0.717, 1.165) is 33.5 Å². The molecule has 0 aliphatic heterocycles. The van der Waals surface area contributed by atoms with Gasteiger partial charge in [-0.1, -0.05) is 45.7 Å². The van der Waals surface area contributed by atoms with Crippen LogP contribution in [0.4, 0.5) is 0 Å². The van der Waals surface area contributed by atoms with E-state index >= 15 is 0 Å². The fraction of sp³-hybridized carbons (Fsp3) is 0.333.